The van der Waals surface area contributed by atoms with E-state index in [1.807, 2.05) is 25.0 Å². The van der Waals surface area contributed by atoms with Gasteiger partial charge in [-0.3, -0.25) is 10.00 Å². The number of nitrogens with zero attached hydrogens (tertiary/aromatic N) is 3. The fraction of sp³-hybridized carbons (Fsp3) is 0.750. The largest absolute Gasteiger partial charge is 0.378 e. The van der Waals surface area contributed by atoms with E-state index in [9.17, 15) is 4.79 Å². The Hall–Kier alpha value is -1.60. The first kappa shape index (κ1) is 17.7. The normalized spacial score (nSPS) is 26.0. The molecule has 1 saturated carbocycles. The summed E-state index contributed by atoms with van der Waals surface area (Å²) in [5.74, 6) is 0.563. The Bertz CT molecular complexity index is 554. The second-order valence-electron chi connectivity index (χ2n) is 7.28. The number of carbonyl (C=O) groups is 1. The van der Waals surface area contributed by atoms with Gasteiger partial charge in [0.2, 0.25) is 0 Å². The highest BCUT2D eigenvalue weighted by Gasteiger charge is 2.58. The number of ether oxygens (including phenoxy) is 1. The number of anilines is 1. The van der Waals surface area contributed by atoms with Crippen molar-refractivity contribution in [2.24, 2.45) is 5.41 Å². The summed E-state index contributed by atoms with van der Waals surface area (Å²) in [7, 11) is 5.76. The lowest BCUT2D eigenvalue weighted by Gasteiger charge is -2.58. The van der Waals surface area contributed by atoms with Crippen LogP contribution in [-0.2, 0) is 11.3 Å². The predicted octanol–water partition coefficient (Wildman–Crippen LogP) is 1.77. The molecule has 0 radical (unpaired) electrons. The maximum absolute atomic E-state index is 12.2. The van der Waals surface area contributed by atoms with Gasteiger partial charge in [-0.15, -0.1) is 0 Å². The summed E-state index contributed by atoms with van der Waals surface area (Å²) in [6, 6.07) is 1.67. The van der Waals surface area contributed by atoms with Crippen LogP contribution in [-0.4, -0.2) is 60.1 Å². The van der Waals surface area contributed by atoms with E-state index in [0.717, 1.165) is 19.5 Å². The van der Waals surface area contributed by atoms with E-state index >= 15 is 0 Å². The Morgan fingerprint density at radius 3 is 2.74 bits per heavy atom. The van der Waals surface area contributed by atoms with Crippen molar-refractivity contribution >= 4 is 11.8 Å². The summed E-state index contributed by atoms with van der Waals surface area (Å²) in [6.45, 7) is 7.99. The smallest absolute Gasteiger partial charge is 0.320 e. The van der Waals surface area contributed by atoms with E-state index in [-0.39, 0.29) is 23.1 Å². The van der Waals surface area contributed by atoms with E-state index in [4.69, 9.17) is 4.74 Å². The van der Waals surface area contributed by atoms with Crippen LogP contribution in [0.25, 0.3) is 0 Å². The maximum Gasteiger partial charge on any atom is 0.320 e. The zero-order chi connectivity index (χ0) is 17.3. The number of amides is 2. The third-order valence-corrected chi connectivity index (χ3v) is 5.24. The molecule has 2 amide bonds. The van der Waals surface area contributed by atoms with Crippen LogP contribution in [0.2, 0.25) is 0 Å². The minimum Gasteiger partial charge on any atom is -0.378 e. The Balaban J connectivity index is 1.84. The summed E-state index contributed by atoms with van der Waals surface area (Å²) in [4.78, 5) is 14.2. The lowest BCUT2D eigenvalue weighted by Crippen LogP contribution is -2.68. The molecule has 1 aliphatic rings. The Kier molecular flexibility index (Phi) is 5.01. The molecule has 1 fully saturated rings. The average Bonchev–Trinajstić information content (AvgIpc) is 2.91. The standard InChI is InChI=1S/C16H29N5O2/c1-15(2)12(11-16(15,3)23-6)17-14(22)18-13-7-8-21(19-13)10-9-20(4)5/h7-8,12H,9-11H2,1-6H3,(H2,17,18,19,22). The summed E-state index contributed by atoms with van der Waals surface area (Å²) in [6.07, 6.45) is 2.68. The second-order valence-corrected chi connectivity index (χ2v) is 7.28. The fourth-order valence-corrected chi connectivity index (χ4v) is 2.89. The van der Waals surface area contributed by atoms with Crippen LogP contribution < -0.4 is 10.6 Å². The number of carbonyl (C=O) groups excluding carboxylic acids is 1. The van der Waals surface area contributed by atoms with Crippen molar-refractivity contribution in [3.8, 4) is 0 Å². The number of methoxy groups -OCH3 is 1. The molecule has 2 unspecified atom stereocenters. The number of nitrogens with one attached hydrogen (secondary N) is 2. The van der Waals surface area contributed by atoms with Crippen molar-refractivity contribution in [3.05, 3.63) is 12.3 Å². The third-order valence-electron chi connectivity index (χ3n) is 5.24. The number of aromatic nitrogens is 2. The summed E-state index contributed by atoms with van der Waals surface area (Å²) in [5, 5.41) is 10.2. The monoisotopic (exact) mass is 323 g/mol. The van der Waals surface area contributed by atoms with Crippen LogP contribution in [0.4, 0.5) is 10.6 Å². The van der Waals surface area contributed by atoms with Gasteiger partial charge >= 0.3 is 6.03 Å². The van der Waals surface area contributed by atoms with E-state index in [0.29, 0.717) is 5.82 Å². The van der Waals surface area contributed by atoms with Gasteiger partial charge in [-0.25, -0.2) is 4.79 Å². The van der Waals surface area contributed by atoms with Crippen molar-refractivity contribution in [3.63, 3.8) is 0 Å². The quantitative estimate of drug-likeness (QED) is 0.837. The number of likely N-dealkylation sites (N-methyl/N-ethyl adjacent to an activating group) is 1. The molecule has 0 saturated heterocycles. The number of urea groups is 1. The van der Waals surface area contributed by atoms with Crippen molar-refractivity contribution < 1.29 is 9.53 Å². The van der Waals surface area contributed by atoms with Crippen molar-refractivity contribution in [2.75, 3.05) is 33.1 Å². The van der Waals surface area contributed by atoms with E-state index in [1.54, 1.807) is 13.2 Å². The van der Waals surface area contributed by atoms with Gasteiger partial charge in [-0.05, 0) is 27.4 Å². The van der Waals surface area contributed by atoms with Gasteiger partial charge in [-0.1, -0.05) is 13.8 Å². The summed E-state index contributed by atoms with van der Waals surface area (Å²) in [5.41, 5.74) is -0.303. The minimum atomic E-state index is -0.223. The van der Waals surface area contributed by atoms with Crippen LogP contribution in [0, 0.1) is 5.41 Å². The Morgan fingerprint density at radius 2 is 2.17 bits per heavy atom. The molecule has 1 heterocycles. The molecular weight excluding hydrogens is 294 g/mol. The topological polar surface area (TPSA) is 71.4 Å². The molecule has 1 aromatic rings. The highest BCUT2D eigenvalue weighted by molar-refractivity contribution is 5.88. The third kappa shape index (κ3) is 3.67. The van der Waals surface area contributed by atoms with Crippen LogP contribution in [0.15, 0.2) is 12.3 Å². The molecule has 130 valence electrons. The van der Waals surface area contributed by atoms with E-state index in [1.165, 1.54) is 0 Å². The molecule has 2 rings (SSSR count). The zero-order valence-electron chi connectivity index (χ0n) is 15.0. The molecule has 2 atom stereocenters. The van der Waals surface area contributed by atoms with Crippen molar-refractivity contribution in [1.82, 2.24) is 20.0 Å². The molecule has 7 heteroatoms. The minimum absolute atomic E-state index is 0.0864. The molecule has 0 bridgehead atoms. The second kappa shape index (κ2) is 6.49. The Labute approximate surface area is 138 Å². The molecular formula is C16H29N5O2. The molecule has 1 aliphatic carbocycles. The highest BCUT2D eigenvalue weighted by atomic mass is 16.5. The molecule has 0 aliphatic heterocycles. The van der Waals surface area contributed by atoms with Gasteiger partial charge < -0.3 is 15.0 Å². The molecule has 23 heavy (non-hydrogen) atoms. The Morgan fingerprint density at radius 1 is 1.48 bits per heavy atom. The molecule has 7 nitrogen and oxygen atoms in total. The predicted molar refractivity (Wildman–Crippen MR) is 90.5 cm³/mol. The lowest BCUT2D eigenvalue weighted by molar-refractivity contribution is -0.177. The first-order valence-corrected chi connectivity index (χ1v) is 7.99. The van der Waals surface area contributed by atoms with Gasteiger partial charge in [0.1, 0.15) is 0 Å². The number of hydrogen-bond donors (Lipinski definition) is 2. The highest BCUT2D eigenvalue weighted by Crippen LogP contribution is 2.51. The average molecular weight is 323 g/mol. The summed E-state index contributed by atoms with van der Waals surface area (Å²) >= 11 is 0. The zero-order valence-corrected chi connectivity index (χ0v) is 15.0. The SMILES string of the molecule is COC1(C)CC(NC(=O)Nc2ccn(CCN(C)C)n2)C1(C)C. The van der Waals surface area contributed by atoms with Gasteiger partial charge in [-0.2, -0.15) is 5.10 Å². The summed E-state index contributed by atoms with van der Waals surface area (Å²) < 4.78 is 7.40. The van der Waals surface area contributed by atoms with Crippen LogP contribution >= 0.6 is 0 Å². The maximum atomic E-state index is 12.2. The van der Waals surface area contributed by atoms with Gasteiger partial charge in [0, 0.05) is 37.4 Å². The fourth-order valence-electron chi connectivity index (χ4n) is 2.89. The number of hydrogen-bond acceptors (Lipinski definition) is 4. The van der Waals surface area contributed by atoms with Crippen LogP contribution in [0.1, 0.15) is 27.2 Å². The molecule has 1 aromatic heterocycles. The van der Waals surface area contributed by atoms with Gasteiger partial charge in [0.15, 0.2) is 5.82 Å². The van der Waals surface area contributed by atoms with E-state index in [2.05, 4.69) is 41.4 Å². The molecule has 2 N–H and O–H groups in total. The molecule has 0 spiro atoms. The number of rotatable bonds is 6. The van der Waals surface area contributed by atoms with Gasteiger partial charge in [0.25, 0.3) is 0 Å². The first-order valence-electron chi connectivity index (χ1n) is 7.99. The van der Waals surface area contributed by atoms with Crippen molar-refractivity contribution in [1.29, 1.82) is 0 Å². The lowest BCUT2D eigenvalue weighted by atomic mass is 9.56. The van der Waals surface area contributed by atoms with Gasteiger partial charge in [0.05, 0.1) is 12.1 Å². The van der Waals surface area contributed by atoms with E-state index < -0.39 is 0 Å². The first-order chi connectivity index (χ1) is 10.7. The van der Waals surface area contributed by atoms with Crippen LogP contribution in [0.5, 0.6) is 0 Å². The van der Waals surface area contributed by atoms with Crippen molar-refractivity contribution in [2.45, 2.75) is 45.4 Å². The van der Waals surface area contributed by atoms with Crippen LogP contribution in [0.3, 0.4) is 0 Å². The molecule has 0 aromatic carbocycles.